The van der Waals surface area contributed by atoms with E-state index in [0.29, 0.717) is 22.5 Å². The first-order valence-corrected chi connectivity index (χ1v) is 6.98. The minimum absolute atomic E-state index is 0.143. The first kappa shape index (κ1) is 14.4. The molecule has 24 heavy (non-hydrogen) atoms. The number of aliphatic hydroxyl groups excluding tert-OH is 1. The molecule has 11 heteroatoms. The van der Waals surface area contributed by atoms with Gasteiger partial charge in [-0.2, -0.15) is 14.5 Å². The number of hydrogen-bond donors (Lipinski definition) is 2. The van der Waals surface area contributed by atoms with Gasteiger partial charge in [0.15, 0.2) is 11.6 Å². The predicted octanol–water partition coefficient (Wildman–Crippen LogP) is -0.815. The van der Waals surface area contributed by atoms with Crippen LogP contribution < -0.4 is 5.56 Å². The zero-order valence-electron chi connectivity index (χ0n) is 12.5. The lowest BCUT2D eigenvalue weighted by Gasteiger charge is -2.03. The van der Waals surface area contributed by atoms with E-state index >= 15 is 0 Å². The second-order valence-corrected chi connectivity index (χ2v) is 4.96. The SMILES string of the molecule is COCc1nc2ncc3c(=O)n(-c4n[nH]c(CO)n4)ccc3n2n1. The number of pyridine rings is 1. The number of nitrogens with one attached hydrogen (secondary N) is 1. The standard InChI is InChI=1S/C13H12N8O3/c1-24-6-10-16-12-14-4-7-8(21(12)19-10)2-3-20(11(7)23)13-15-9(5-22)17-18-13/h2-4,22H,5-6H2,1H3,(H,15,17,18). The third-order valence-corrected chi connectivity index (χ3v) is 3.44. The molecule has 0 fully saturated rings. The average molecular weight is 328 g/mol. The van der Waals surface area contributed by atoms with E-state index in [9.17, 15) is 4.79 Å². The molecule has 0 aliphatic rings. The summed E-state index contributed by atoms with van der Waals surface area (Å²) in [7, 11) is 1.55. The Morgan fingerprint density at radius 1 is 1.38 bits per heavy atom. The average Bonchev–Trinajstić information content (AvgIpc) is 3.21. The molecule has 0 unspecified atom stereocenters. The molecule has 0 saturated carbocycles. The minimum atomic E-state index is -0.353. The van der Waals surface area contributed by atoms with Crippen LogP contribution in [0.25, 0.3) is 22.6 Å². The Hall–Kier alpha value is -3.18. The van der Waals surface area contributed by atoms with E-state index in [1.54, 1.807) is 13.2 Å². The van der Waals surface area contributed by atoms with Crippen LogP contribution in [0.5, 0.6) is 0 Å². The molecular formula is C13H12N8O3. The van der Waals surface area contributed by atoms with Crippen molar-refractivity contribution in [1.82, 2.24) is 39.3 Å². The van der Waals surface area contributed by atoms with Gasteiger partial charge in [0.25, 0.3) is 17.3 Å². The van der Waals surface area contributed by atoms with Gasteiger partial charge in [-0.3, -0.25) is 9.89 Å². The highest BCUT2D eigenvalue weighted by Gasteiger charge is 2.13. The minimum Gasteiger partial charge on any atom is -0.388 e. The van der Waals surface area contributed by atoms with Crippen molar-refractivity contribution in [3.8, 4) is 5.95 Å². The van der Waals surface area contributed by atoms with Crippen LogP contribution in [0.1, 0.15) is 11.6 Å². The number of methoxy groups -OCH3 is 1. The number of ether oxygens (including phenoxy) is 1. The van der Waals surface area contributed by atoms with E-state index in [4.69, 9.17) is 9.84 Å². The van der Waals surface area contributed by atoms with Crippen LogP contribution in [-0.2, 0) is 18.0 Å². The number of nitrogens with zero attached hydrogens (tertiary/aromatic N) is 7. The zero-order valence-corrected chi connectivity index (χ0v) is 12.5. The molecular weight excluding hydrogens is 316 g/mol. The van der Waals surface area contributed by atoms with Gasteiger partial charge in [-0.25, -0.2) is 9.55 Å². The molecule has 0 atom stereocenters. The van der Waals surface area contributed by atoms with Crippen LogP contribution >= 0.6 is 0 Å². The van der Waals surface area contributed by atoms with E-state index in [1.165, 1.54) is 21.5 Å². The lowest BCUT2D eigenvalue weighted by molar-refractivity contribution is 0.178. The summed E-state index contributed by atoms with van der Waals surface area (Å²) in [5.41, 5.74) is 0.211. The molecule has 4 rings (SSSR count). The van der Waals surface area contributed by atoms with Crippen molar-refractivity contribution in [2.45, 2.75) is 13.2 Å². The molecule has 0 bridgehead atoms. The Morgan fingerprint density at radius 2 is 2.25 bits per heavy atom. The highest BCUT2D eigenvalue weighted by atomic mass is 16.5. The van der Waals surface area contributed by atoms with E-state index in [2.05, 4.69) is 30.2 Å². The third kappa shape index (κ3) is 2.14. The van der Waals surface area contributed by atoms with Gasteiger partial charge < -0.3 is 9.84 Å². The summed E-state index contributed by atoms with van der Waals surface area (Å²) >= 11 is 0. The first-order valence-electron chi connectivity index (χ1n) is 6.98. The molecule has 0 radical (unpaired) electrons. The van der Waals surface area contributed by atoms with Gasteiger partial charge in [0.1, 0.15) is 13.2 Å². The summed E-state index contributed by atoms with van der Waals surface area (Å²) in [6, 6.07) is 1.70. The highest BCUT2D eigenvalue weighted by Crippen LogP contribution is 2.11. The Labute approximate surface area is 133 Å². The molecule has 0 aliphatic carbocycles. The fourth-order valence-electron chi connectivity index (χ4n) is 2.37. The lowest BCUT2D eigenvalue weighted by Crippen LogP contribution is -2.20. The number of H-pyrrole nitrogens is 1. The zero-order chi connectivity index (χ0) is 16.7. The second-order valence-electron chi connectivity index (χ2n) is 4.96. The normalized spacial score (nSPS) is 11.6. The molecule has 11 nitrogen and oxygen atoms in total. The fraction of sp³-hybridized carbons (Fsp3) is 0.231. The topological polar surface area (TPSA) is 136 Å². The number of aliphatic hydroxyl groups is 1. The van der Waals surface area contributed by atoms with Gasteiger partial charge in [0.05, 0.1) is 10.9 Å². The van der Waals surface area contributed by atoms with Crippen molar-refractivity contribution < 1.29 is 9.84 Å². The van der Waals surface area contributed by atoms with Crippen molar-refractivity contribution in [2.75, 3.05) is 7.11 Å². The Bertz CT molecular complexity index is 1100. The van der Waals surface area contributed by atoms with E-state index in [1.807, 2.05) is 0 Å². The number of aromatic amines is 1. The number of fused-ring (bicyclic) bond motifs is 3. The molecule has 4 aromatic heterocycles. The van der Waals surface area contributed by atoms with Gasteiger partial charge in [0, 0.05) is 19.5 Å². The number of rotatable bonds is 4. The summed E-state index contributed by atoms with van der Waals surface area (Å²) in [5.74, 6) is 1.27. The van der Waals surface area contributed by atoms with E-state index in [0.717, 1.165) is 0 Å². The maximum atomic E-state index is 12.7. The molecule has 0 aromatic carbocycles. The van der Waals surface area contributed by atoms with Crippen molar-refractivity contribution in [2.24, 2.45) is 0 Å². The van der Waals surface area contributed by atoms with Gasteiger partial charge in [-0.1, -0.05) is 0 Å². The maximum Gasteiger partial charge on any atom is 0.268 e. The molecule has 0 saturated heterocycles. The number of aromatic nitrogens is 8. The maximum absolute atomic E-state index is 12.7. The molecule has 2 N–H and O–H groups in total. The quantitative estimate of drug-likeness (QED) is 0.496. The summed E-state index contributed by atoms with van der Waals surface area (Å²) in [6.45, 7) is -0.0399. The third-order valence-electron chi connectivity index (χ3n) is 3.44. The van der Waals surface area contributed by atoms with E-state index < -0.39 is 0 Å². The van der Waals surface area contributed by atoms with Crippen LogP contribution in [0.2, 0.25) is 0 Å². The summed E-state index contributed by atoms with van der Waals surface area (Å²) in [5, 5.41) is 20.1. The Kier molecular flexibility index (Phi) is 3.29. The Morgan fingerprint density at radius 3 is 3.00 bits per heavy atom. The monoisotopic (exact) mass is 328 g/mol. The van der Waals surface area contributed by atoms with Crippen molar-refractivity contribution in [1.29, 1.82) is 0 Å². The smallest absolute Gasteiger partial charge is 0.268 e. The van der Waals surface area contributed by atoms with Crippen LogP contribution in [-0.4, -0.2) is 51.5 Å². The summed E-state index contributed by atoms with van der Waals surface area (Å²) < 4.78 is 7.77. The molecule has 4 aromatic rings. The second kappa shape index (κ2) is 5.47. The Balaban J connectivity index is 1.92. The first-order chi connectivity index (χ1) is 11.7. The van der Waals surface area contributed by atoms with Crippen LogP contribution in [0, 0.1) is 0 Å². The predicted molar refractivity (Wildman–Crippen MR) is 80.5 cm³/mol. The molecule has 0 amide bonds. The van der Waals surface area contributed by atoms with Crippen LogP contribution in [0.15, 0.2) is 23.3 Å². The molecule has 122 valence electrons. The van der Waals surface area contributed by atoms with E-state index in [-0.39, 0.29) is 30.5 Å². The fourth-order valence-corrected chi connectivity index (χ4v) is 2.37. The van der Waals surface area contributed by atoms with Gasteiger partial charge in [-0.05, 0) is 6.07 Å². The van der Waals surface area contributed by atoms with Crippen LogP contribution in [0.3, 0.4) is 0 Å². The van der Waals surface area contributed by atoms with Gasteiger partial charge >= 0.3 is 0 Å². The lowest BCUT2D eigenvalue weighted by atomic mass is 10.3. The van der Waals surface area contributed by atoms with Gasteiger partial charge in [0.2, 0.25) is 0 Å². The largest absolute Gasteiger partial charge is 0.388 e. The summed E-state index contributed by atoms with van der Waals surface area (Å²) in [6.07, 6.45) is 2.97. The molecule has 0 spiro atoms. The number of hydrogen-bond acceptors (Lipinski definition) is 8. The van der Waals surface area contributed by atoms with Crippen LogP contribution in [0.4, 0.5) is 0 Å². The van der Waals surface area contributed by atoms with Crippen molar-refractivity contribution in [3.05, 3.63) is 40.5 Å². The van der Waals surface area contributed by atoms with Crippen molar-refractivity contribution in [3.63, 3.8) is 0 Å². The highest BCUT2D eigenvalue weighted by molar-refractivity contribution is 5.78. The summed E-state index contributed by atoms with van der Waals surface area (Å²) in [4.78, 5) is 25.1. The van der Waals surface area contributed by atoms with Crippen molar-refractivity contribution >= 4 is 16.7 Å². The molecule has 0 aliphatic heterocycles. The van der Waals surface area contributed by atoms with Gasteiger partial charge in [-0.15, -0.1) is 10.2 Å². The molecule has 4 heterocycles.